The number of nitrogens with zero attached hydrogens (tertiary/aromatic N) is 2. The minimum absolute atomic E-state index is 0.258. The van der Waals surface area contributed by atoms with Crippen LogP contribution >= 0.6 is 11.3 Å². The molecule has 0 atom stereocenters. The number of methoxy groups -OCH3 is 5. The average molecular weight is 578 g/mol. The number of amides is 1. The SMILES string of the molecule is COc1ccc2sc(NC(=O)COc3cc(-c4cc(-c5cc(OC)c(OC)c(OC)c5)no4)ccc3OC)nc2c1. The summed E-state index contributed by atoms with van der Waals surface area (Å²) in [5.74, 6) is 3.09. The van der Waals surface area contributed by atoms with Crippen molar-refractivity contribution in [3.05, 3.63) is 54.6 Å². The molecule has 0 bridgehead atoms. The fourth-order valence-corrected chi connectivity index (χ4v) is 4.97. The molecule has 0 spiro atoms. The largest absolute Gasteiger partial charge is 0.497 e. The summed E-state index contributed by atoms with van der Waals surface area (Å²) >= 11 is 1.36. The van der Waals surface area contributed by atoms with Crippen LogP contribution in [0.3, 0.4) is 0 Å². The minimum atomic E-state index is -0.368. The molecule has 0 aliphatic rings. The number of hydrogen-bond donors (Lipinski definition) is 1. The van der Waals surface area contributed by atoms with Gasteiger partial charge in [0.25, 0.3) is 5.91 Å². The van der Waals surface area contributed by atoms with Crippen molar-refractivity contribution in [2.24, 2.45) is 0 Å². The lowest BCUT2D eigenvalue weighted by Crippen LogP contribution is -2.20. The normalized spacial score (nSPS) is 10.8. The first-order valence-corrected chi connectivity index (χ1v) is 13.1. The van der Waals surface area contributed by atoms with Gasteiger partial charge in [-0.3, -0.25) is 10.1 Å². The number of hydrogen-bond acceptors (Lipinski definition) is 11. The molecule has 0 aliphatic carbocycles. The lowest BCUT2D eigenvalue weighted by Gasteiger charge is -2.13. The van der Waals surface area contributed by atoms with Crippen LogP contribution in [0.25, 0.3) is 32.8 Å². The van der Waals surface area contributed by atoms with E-state index in [1.165, 1.54) is 18.4 Å². The maximum atomic E-state index is 12.7. The molecule has 12 heteroatoms. The molecular weight excluding hydrogens is 550 g/mol. The van der Waals surface area contributed by atoms with E-state index in [4.69, 9.17) is 32.9 Å². The van der Waals surface area contributed by atoms with Gasteiger partial charge in [-0.25, -0.2) is 4.98 Å². The summed E-state index contributed by atoms with van der Waals surface area (Å²) < 4.78 is 39.3. The van der Waals surface area contributed by atoms with Crippen molar-refractivity contribution in [1.29, 1.82) is 0 Å². The minimum Gasteiger partial charge on any atom is -0.497 e. The average Bonchev–Trinajstić information content (AvgIpc) is 3.66. The van der Waals surface area contributed by atoms with Crippen molar-refractivity contribution in [2.75, 3.05) is 47.5 Å². The Bertz CT molecular complexity index is 1670. The second kappa shape index (κ2) is 12.0. The fraction of sp³-hybridized carbons (Fsp3) is 0.207. The Morgan fingerprint density at radius 3 is 2.22 bits per heavy atom. The molecule has 5 rings (SSSR count). The molecule has 41 heavy (non-hydrogen) atoms. The molecule has 1 N–H and O–H groups in total. The zero-order chi connectivity index (χ0) is 28.9. The van der Waals surface area contributed by atoms with Crippen molar-refractivity contribution in [1.82, 2.24) is 10.1 Å². The van der Waals surface area contributed by atoms with E-state index in [2.05, 4.69) is 15.5 Å². The van der Waals surface area contributed by atoms with Gasteiger partial charge in [-0.15, -0.1) is 0 Å². The van der Waals surface area contributed by atoms with Gasteiger partial charge < -0.3 is 32.9 Å². The number of ether oxygens (including phenoxy) is 6. The summed E-state index contributed by atoms with van der Waals surface area (Å²) in [4.78, 5) is 17.1. The third kappa shape index (κ3) is 5.82. The van der Waals surface area contributed by atoms with E-state index in [9.17, 15) is 4.79 Å². The van der Waals surface area contributed by atoms with Crippen molar-refractivity contribution in [3.63, 3.8) is 0 Å². The van der Waals surface area contributed by atoms with Crippen LogP contribution < -0.4 is 33.7 Å². The van der Waals surface area contributed by atoms with Gasteiger partial charge in [0.05, 0.1) is 45.8 Å². The molecule has 1 amide bonds. The Balaban J connectivity index is 1.32. The molecule has 0 unspecified atom stereocenters. The highest BCUT2D eigenvalue weighted by molar-refractivity contribution is 7.22. The van der Waals surface area contributed by atoms with Crippen LogP contribution in [0.5, 0.6) is 34.5 Å². The molecule has 0 aliphatic heterocycles. The first-order chi connectivity index (χ1) is 20.0. The van der Waals surface area contributed by atoms with Gasteiger partial charge in [-0.05, 0) is 42.5 Å². The van der Waals surface area contributed by atoms with E-state index < -0.39 is 0 Å². The highest BCUT2D eigenvalue weighted by Crippen LogP contribution is 2.42. The second-order valence-electron chi connectivity index (χ2n) is 8.55. The van der Waals surface area contributed by atoms with E-state index in [0.29, 0.717) is 62.2 Å². The maximum Gasteiger partial charge on any atom is 0.264 e. The van der Waals surface area contributed by atoms with Crippen LogP contribution in [0, 0.1) is 0 Å². The van der Waals surface area contributed by atoms with Gasteiger partial charge in [0.1, 0.15) is 11.4 Å². The molecule has 3 aromatic carbocycles. The van der Waals surface area contributed by atoms with Gasteiger partial charge in [0.15, 0.2) is 40.5 Å². The van der Waals surface area contributed by atoms with E-state index in [-0.39, 0.29) is 12.5 Å². The molecule has 212 valence electrons. The van der Waals surface area contributed by atoms with Gasteiger partial charge >= 0.3 is 0 Å². The monoisotopic (exact) mass is 577 g/mol. The fourth-order valence-electron chi connectivity index (χ4n) is 4.11. The van der Waals surface area contributed by atoms with Crippen molar-refractivity contribution in [2.45, 2.75) is 0 Å². The van der Waals surface area contributed by atoms with Crippen LogP contribution in [0.1, 0.15) is 0 Å². The van der Waals surface area contributed by atoms with Gasteiger partial charge in [0.2, 0.25) is 5.75 Å². The highest BCUT2D eigenvalue weighted by Gasteiger charge is 2.18. The molecule has 11 nitrogen and oxygen atoms in total. The molecule has 2 aromatic heterocycles. The Morgan fingerprint density at radius 1 is 0.805 bits per heavy atom. The standard InChI is InChI=1S/C29H27N3O8S/c1-34-18-7-9-26-20(13-18)30-29(41-26)31-27(33)15-39-23-10-16(6-8-21(23)35-2)22-14-19(32-40-22)17-11-24(36-3)28(38-5)25(12-17)37-4/h6-14H,15H2,1-5H3,(H,30,31,33). The van der Waals surface area contributed by atoms with E-state index in [1.807, 2.05) is 18.2 Å². The second-order valence-corrected chi connectivity index (χ2v) is 9.58. The van der Waals surface area contributed by atoms with E-state index in [0.717, 1.165) is 10.2 Å². The molecule has 0 radical (unpaired) electrons. The van der Waals surface area contributed by atoms with Crippen molar-refractivity contribution >= 4 is 32.6 Å². The van der Waals surface area contributed by atoms with Crippen molar-refractivity contribution < 1.29 is 37.7 Å². The summed E-state index contributed by atoms with van der Waals surface area (Å²) in [6.45, 7) is -0.258. The van der Waals surface area contributed by atoms with Crippen LogP contribution in [0.15, 0.2) is 59.1 Å². The predicted octanol–water partition coefficient (Wildman–Crippen LogP) is 5.68. The summed E-state index contributed by atoms with van der Waals surface area (Å²) in [5, 5.41) is 7.45. The zero-order valence-electron chi connectivity index (χ0n) is 23.0. The van der Waals surface area contributed by atoms with Gasteiger partial charge in [0, 0.05) is 23.3 Å². The number of carbonyl (C=O) groups is 1. The lowest BCUT2D eigenvalue weighted by molar-refractivity contribution is -0.118. The number of anilines is 1. The number of aromatic nitrogens is 2. The van der Waals surface area contributed by atoms with Gasteiger partial charge in [-0.2, -0.15) is 0 Å². The number of benzene rings is 3. The number of thiazole rings is 1. The quantitative estimate of drug-likeness (QED) is 0.210. The predicted molar refractivity (Wildman–Crippen MR) is 154 cm³/mol. The van der Waals surface area contributed by atoms with Crippen LogP contribution in [-0.2, 0) is 4.79 Å². The Labute approximate surface area is 239 Å². The van der Waals surface area contributed by atoms with Crippen LogP contribution in [0.2, 0.25) is 0 Å². The molecule has 5 aromatic rings. The molecule has 0 fully saturated rings. The summed E-state index contributed by atoms with van der Waals surface area (Å²) in [7, 11) is 7.75. The van der Waals surface area contributed by atoms with Gasteiger partial charge in [-0.1, -0.05) is 16.5 Å². The Kier molecular flexibility index (Phi) is 8.11. The summed E-state index contributed by atoms with van der Waals surface area (Å²) in [5.41, 5.74) is 2.68. The van der Waals surface area contributed by atoms with E-state index in [1.54, 1.807) is 64.8 Å². The highest BCUT2D eigenvalue weighted by atomic mass is 32.1. The number of rotatable bonds is 11. The first kappa shape index (κ1) is 27.6. The zero-order valence-corrected chi connectivity index (χ0v) is 23.8. The Morgan fingerprint density at radius 2 is 1.54 bits per heavy atom. The molecule has 0 saturated heterocycles. The molecule has 0 saturated carbocycles. The maximum absolute atomic E-state index is 12.7. The first-order valence-electron chi connectivity index (χ1n) is 12.3. The van der Waals surface area contributed by atoms with Crippen LogP contribution in [0.4, 0.5) is 5.13 Å². The number of nitrogens with one attached hydrogen (secondary N) is 1. The Hall–Kier alpha value is -4.97. The molecule has 2 heterocycles. The summed E-state index contributed by atoms with van der Waals surface area (Å²) in [6.07, 6.45) is 0. The third-order valence-corrected chi connectivity index (χ3v) is 7.07. The lowest BCUT2D eigenvalue weighted by atomic mass is 10.1. The summed E-state index contributed by atoms with van der Waals surface area (Å²) in [6, 6.07) is 16.1. The third-order valence-electron chi connectivity index (χ3n) is 6.12. The van der Waals surface area contributed by atoms with Crippen molar-refractivity contribution in [3.8, 4) is 57.1 Å². The van der Waals surface area contributed by atoms with E-state index >= 15 is 0 Å². The number of carbonyl (C=O) groups excluding carboxylic acids is 1. The molecular formula is C29H27N3O8S. The smallest absolute Gasteiger partial charge is 0.264 e. The number of fused-ring (bicyclic) bond motifs is 1. The van der Waals surface area contributed by atoms with Crippen LogP contribution in [-0.4, -0.2) is 58.2 Å². The topological polar surface area (TPSA) is 123 Å².